The van der Waals surface area contributed by atoms with Gasteiger partial charge in [0, 0.05) is 12.3 Å². The standard InChI is InChI=1S/C9H21NS/c1-4-7-10(5-2)8-9-11-6-3/h4-9H2,1-3H3. The fourth-order valence-electron chi connectivity index (χ4n) is 1.08. The Labute approximate surface area is 75.5 Å². The molecule has 0 spiro atoms. The number of rotatable bonds is 7. The van der Waals surface area contributed by atoms with Crippen LogP contribution in [0.2, 0.25) is 0 Å². The fraction of sp³-hybridized carbons (Fsp3) is 1.00. The zero-order chi connectivity index (χ0) is 8.53. The molecule has 1 nitrogen and oxygen atoms in total. The number of nitrogens with zero attached hydrogens (tertiary/aromatic N) is 1. The lowest BCUT2D eigenvalue weighted by atomic mass is 10.4. The van der Waals surface area contributed by atoms with Gasteiger partial charge in [-0.3, -0.25) is 0 Å². The van der Waals surface area contributed by atoms with Crippen LogP contribution in [-0.2, 0) is 0 Å². The summed E-state index contributed by atoms with van der Waals surface area (Å²) in [4.78, 5) is 2.52. The maximum absolute atomic E-state index is 2.52. The van der Waals surface area contributed by atoms with Gasteiger partial charge in [0.15, 0.2) is 0 Å². The van der Waals surface area contributed by atoms with Crippen LogP contribution < -0.4 is 0 Å². The van der Waals surface area contributed by atoms with E-state index >= 15 is 0 Å². The fourth-order valence-corrected chi connectivity index (χ4v) is 1.76. The number of hydrogen-bond acceptors (Lipinski definition) is 2. The highest BCUT2D eigenvalue weighted by molar-refractivity contribution is 7.99. The molecule has 2 heteroatoms. The second kappa shape index (κ2) is 8.41. The van der Waals surface area contributed by atoms with Crippen molar-refractivity contribution in [3.8, 4) is 0 Å². The van der Waals surface area contributed by atoms with Gasteiger partial charge in [-0.25, -0.2) is 0 Å². The lowest BCUT2D eigenvalue weighted by Gasteiger charge is -2.18. The molecule has 0 N–H and O–H groups in total. The molecule has 0 aromatic rings. The average Bonchev–Trinajstić information content (AvgIpc) is 2.03. The first kappa shape index (κ1) is 11.3. The summed E-state index contributed by atoms with van der Waals surface area (Å²) in [6.07, 6.45) is 1.28. The van der Waals surface area contributed by atoms with Crippen LogP contribution in [0.25, 0.3) is 0 Å². The van der Waals surface area contributed by atoms with E-state index in [1.54, 1.807) is 0 Å². The Morgan fingerprint density at radius 3 is 2.27 bits per heavy atom. The van der Waals surface area contributed by atoms with Gasteiger partial charge in [0.1, 0.15) is 0 Å². The van der Waals surface area contributed by atoms with E-state index in [0.717, 1.165) is 0 Å². The highest BCUT2D eigenvalue weighted by Crippen LogP contribution is 2.00. The Morgan fingerprint density at radius 2 is 1.82 bits per heavy atom. The SMILES string of the molecule is CCCN(CC)CCSCC. The van der Waals surface area contributed by atoms with E-state index in [0.29, 0.717) is 0 Å². The Balaban J connectivity index is 3.20. The molecule has 0 saturated carbocycles. The number of thioether (sulfide) groups is 1. The predicted molar refractivity (Wildman–Crippen MR) is 55.4 cm³/mol. The first-order chi connectivity index (χ1) is 5.35. The molecule has 0 aromatic carbocycles. The van der Waals surface area contributed by atoms with Crippen molar-refractivity contribution in [3.63, 3.8) is 0 Å². The van der Waals surface area contributed by atoms with Crippen LogP contribution in [0.15, 0.2) is 0 Å². The highest BCUT2D eigenvalue weighted by atomic mass is 32.2. The summed E-state index contributed by atoms with van der Waals surface area (Å²) in [5, 5.41) is 0. The van der Waals surface area contributed by atoms with Crippen LogP contribution in [-0.4, -0.2) is 36.0 Å². The molecule has 0 aliphatic carbocycles. The van der Waals surface area contributed by atoms with Crippen LogP contribution >= 0.6 is 11.8 Å². The summed E-state index contributed by atoms with van der Waals surface area (Å²) in [6.45, 7) is 10.4. The van der Waals surface area contributed by atoms with Crippen LogP contribution in [0.5, 0.6) is 0 Å². The van der Waals surface area contributed by atoms with Gasteiger partial charge < -0.3 is 4.90 Å². The van der Waals surface area contributed by atoms with E-state index < -0.39 is 0 Å². The molecule has 0 heterocycles. The second-order valence-corrected chi connectivity index (χ2v) is 4.03. The van der Waals surface area contributed by atoms with Gasteiger partial charge >= 0.3 is 0 Å². The molecule has 0 aliphatic heterocycles. The van der Waals surface area contributed by atoms with Crippen molar-refractivity contribution >= 4 is 11.8 Å². The van der Waals surface area contributed by atoms with Gasteiger partial charge in [0.25, 0.3) is 0 Å². The third-order valence-electron chi connectivity index (χ3n) is 1.74. The maximum Gasteiger partial charge on any atom is 0.00722 e. The van der Waals surface area contributed by atoms with E-state index in [1.807, 2.05) is 11.8 Å². The molecular weight excluding hydrogens is 154 g/mol. The summed E-state index contributed by atoms with van der Waals surface area (Å²) >= 11 is 2.04. The monoisotopic (exact) mass is 175 g/mol. The highest BCUT2D eigenvalue weighted by Gasteiger charge is 1.98. The first-order valence-electron chi connectivity index (χ1n) is 4.65. The van der Waals surface area contributed by atoms with Gasteiger partial charge in [0.05, 0.1) is 0 Å². The molecule has 11 heavy (non-hydrogen) atoms. The molecule has 0 radical (unpaired) electrons. The zero-order valence-corrected chi connectivity index (χ0v) is 8.91. The van der Waals surface area contributed by atoms with Gasteiger partial charge in [-0.1, -0.05) is 20.8 Å². The summed E-state index contributed by atoms with van der Waals surface area (Å²) < 4.78 is 0. The van der Waals surface area contributed by atoms with Crippen molar-refractivity contribution in [2.45, 2.75) is 27.2 Å². The smallest absolute Gasteiger partial charge is 0.00722 e. The minimum atomic E-state index is 1.21. The lowest BCUT2D eigenvalue weighted by molar-refractivity contribution is 0.307. The summed E-state index contributed by atoms with van der Waals surface area (Å²) in [5.41, 5.74) is 0. The van der Waals surface area contributed by atoms with E-state index in [1.165, 1.54) is 37.6 Å². The van der Waals surface area contributed by atoms with Crippen LogP contribution in [0.3, 0.4) is 0 Å². The second-order valence-electron chi connectivity index (χ2n) is 2.63. The molecule has 68 valence electrons. The molecule has 0 aromatic heterocycles. The van der Waals surface area contributed by atoms with Crippen molar-refractivity contribution in [1.82, 2.24) is 4.90 Å². The van der Waals surface area contributed by atoms with Crippen molar-refractivity contribution < 1.29 is 0 Å². The minimum Gasteiger partial charge on any atom is -0.303 e. The van der Waals surface area contributed by atoms with Crippen molar-refractivity contribution in [3.05, 3.63) is 0 Å². The summed E-state index contributed by atoms with van der Waals surface area (Å²) in [6, 6.07) is 0. The summed E-state index contributed by atoms with van der Waals surface area (Å²) in [5.74, 6) is 2.55. The predicted octanol–water partition coefficient (Wildman–Crippen LogP) is 2.47. The van der Waals surface area contributed by atoms with Crippen LogP contribution in [0.1, 0.15) is 27.2 Å². The van der Waals surface area contributed by atoms with Crippen molar-refractivity contribution in [1.29, 1.82) is 0 Å². The topological polar surface area (TPSA) is 3.24 Å². The van der Waals surface area contributed by atoms with E-state index in [9.17, 15) is 0 Å². The average molecular weight is 175 g/mol. The normalized spacial score (nSPS) is 10.9. The minimum absolute atomic E-state index is 1.21. The van der Waals surface area contributed by atoms with E-state index in [4.69, 9.17) is 0 Å². The quantitative estimate of drug-likeness (QED) is 0.547. The van der Waals surface area contributed by atoms with Gasteiger partial charge in [-0.15, -0.1) is 0 Å². The van der Waals surface area contributed by atoms with Crippen LogP contribution in [0, 0.1) is 0 Å². The molecular formula is C9H21NS. The lowest BCUT2D eigenvalue weighted by Crippen LogP contribution is -2.26. The zero-order valence-electron chi connectivity index (χ0n) is 8.10. The van der Waals surface area contributed by atoms with E-state index in [-0.39, 0.29) is 0 Å². The van der Waals surface area contributed by atoms with Crippen molar-refractivity contribution in [2.24, 2.45) is 0 Å². The third kappa shape index (κ3) is 6.70. The molecule has 0 bridgehead atoms. The Bertz CT molecular complexity index is 76.0. The third-order valence-corrected chi connectivity index (χ3v) is 2.62. The summed E-state index contributed by atoms with van der Waals surface area (Å²) in [7, 11) is 0. The maximum atomic E-state index is 2.52. The van der Waals surface area contributed by atoms with Gasteiger partial charge in [-0.2, -0.15) is 11.8 Å². The molecule has 0 aliphatic rings. The Hall–Kier alpha value is 0.310. The van der Waals surface area contributed by atoms with Gasteiger partial charge in [0.2, 0.25) is 0 Å². The first-order valence-corrected chi connectivity index (χ1v) is 5.80. The molecule has 0 saturated heterocycles. The van der Waals surface area contributed by atoms with Gasteiger partial charge in [-0.05, 0) is 25.3 Å². The Morgan fingerprint density at radius 1 is 1.09 bits per heavy atom. The molecule has 0 fully saturated rings. The Kier molecular flexibility index (Phi) is 8.64. The van der Waals surface area contributed by atoms with Crippen LogP contribution in [0.4, 0.5) is 0 Å². The molecule has 0 unspecified atom stereocenters. The molecule has 0 amide bonds. The van der Waals surface area contributed by atoms with Crippen molar-refractivity contribution in [2.75, 3.05) is 31.1 Å². The molecule has 0 rings (SSSR count). The van der Waals surface area contributed by atoms with E-state index in [2.05, 4.69) is 25.7 Å². The number of hydrogen-bond donors (Lipinski definition) is 0. The molecule has 0 atom stereocenters. The largest absolute Gasteiger partial charge is 0.303 e.